The molecular formula is C22H26ClN3O4S. The molecule has 1 saturated heterocycles. The van der Waals surface area contributed by atoms with Gasteiger partial charge < -0.3 is 15.4 Å². The highest BCUT2D eigenvalue weighted by molar-refractivity contribution is 7.88. The molecule has 1 heterocycles. The third-order valence-electron chi connectivity index (χ3n) is 6.02. The lowest BCUT2D eigenvalue weighted by Crippen LogP contribution is -2.67. The largest absolute Gasteiger partial charge is 0.497 e. The van der Waals surface area contributed by atoms with Gasteiger partial charge in [0.1, 0.15) is 5.75 Å². The molecule has 2 aromatic rings. The molecule has 9 heteroatoms. The summed E-state index contributed by atoms with van der Waals surface area (Å²) in [6, 6.07) is 14.4. The maximum absolute atomic E-state index is 12.7. The van der Waals surface area contributed by atoms with Crippen LogP contribution in [0.25, 0.3) is 0 Å². The van der Waals surface area contributed by atoms with E-state index in [1.165, 1.54) is 4.31 Å². The zero-order chi connectivity index (χ0) is 22.1. The van der Waals surface area contributed by atoms with Crippen molar-refractivity contribution in [2.45, 2.75) is 31.2 Å². The van der Waals surface area contributed by atoms with Crippen molar-refractivity contribution in [3.63, 3.8) is 0 Å². The molecule has 0 atom stereocenters. The molecule has 2 aliphatic rings. The number of nitrogens with one attached hydrogen (secondary N) is 2. The summed E-state index contributed by atoms with van der Waals surface area (Å²) >= 11 is 6.10. The van der Waals surface area contributed by atoms with Crippen LogP contribution in [-0.4, -0.2) is 45.0 Å². The molecule has 2 fully saturated rings. The fraction of sp³-hybridized carbons (Fsp3) is 0.409. The van der Waals surface area contributed by atoms with Gasteiger partial charge in [-0.2, -0.15) is 0 Å². The van der Waals surface area contributed by atoms with Crippen LogP contribution in [0.4, 0.5) is 4.79 Å². The number of carbonyl (C=O) groups excluding carboxylic acids is 1. The summed E-state index contributed by atoms with van der Waals surface area (Å²) in [4.78, 5) is 12.2. The highest BCUT2D eigenvalue weighted by Gasteiger charge is 2.55. The summed E-state index contributed by atoms with van der Waals surface area (Å²) in [5, 5.41) is 6.30. The first-order chi connectivity index (χ1) is 14.8. The Kier molecular flexibility index (Phi) is 6.14. The molecule has 1 spiro atoms. The van der Waals surface area contributed by atoms with Gasteiger partial charge in [0, 0.05) is 36.1 Å². The molecule has 7 nitrogen and oxygen atoms in total. The van der Waals surface area contributed by atoms with Crippen LogP contribution in [0, 0.1) is 5.41 Å². The SMILES string of the molecule is COc1ccc(CNC(=O)NC2CC3(C2)CN(S(=O)(=O)Cc2ccccc2Cl)C3)cc1. The first-order valence-electron chi connectivity index (χ1n) is 10.2. The number of benzene rings is 2. The van der Waals surface area contributed by atoms with E-state index in [0.29, 0.717) is 30.2 Å². The third-order valence-corrected chi connectivity index (χ3v) is 8.11. The second-order valence-corrected chi connectivity index (χ2v) is 10.8. The van der Waals surface area contributed by atoms with Gasteiger partial charge in [-0.05, 0) is 42.2 Å². The van der Waals surface area contributed by atoms with Gasteiger partial charge in [-0.1, -0.05) is 41.9 Å². The molecule has 0 unspecified atom stereocenters. The van der Waals surface area contributed by atoms with Crippen molar-refractivity contribution in [3.05, 3.63) is 64.7 Å². The lowest BCUT2D eigenvalue weighted by molar-refractivity contribution is -0.0303. The Hall–Kier alpha value is -2.29. The predicted octanol–water partition coefficient (Wildman–Crippen LogP) is 3.14. The second kappa shape index (κ2) is 8.68. The van der Waals surface area contributed by atoms with Crippen molar-refractivity contribution in [1.29, 1.82) is 0 Å². The minimum absolute atomic E-state index is 0.0124. The molecule has 0 aromatic heterocycles. The van der Waals surface area contributed by atoms with Crippen LogP contribution >= 0.6 is 11.6 Å². The van der Waals surface area contributed by atoms with Gasteiger partial charge in [0.2, 0.25) is 10.0 Å². The molecular weight excluding hydrogens is 438 g/mol. The number of hydrogen-bond donors (Lipinski definition) is 2. The van der Waals surface area contributed by atoms with Crippen molar-refractivity contribution < 1.29 is 17.9 Å². The highest BCUT2D eigenvalue weighted by atomic mass is 35.5. The summed E-state index contributed by atoms with van der Waals surface area (Å²) < 4.78 is 32.0. The van der Waals surface area contributed by atoms with Crippen molar-refractivity contribution >= 4 is 27.7 Å². The van der Waals surface area contributed by atoms with Gasteiger partial charge in [-0.3, -0.25) is 0 Å². The summed E-state index contributed by atoms with van der Waals surface area (Å²) in [7, 11) is -1.78. The molecule has 2 N–H and O–H groups in total. The first-order valence-corrected chi connectivity index (χ1v) is 12.2. The predicted molar refractivity (Wildman–Crippen MR) is 119 cm³/mol. The van der Waals surface area contributed by atoms with Gasteiger partial charge >= 0.3 is 6.03 Å². The van der Waals surface area contributed by atoms with Crippen molar-refractivity contribution in [2.24, 2.45) is 5.41 Å². The average molecular weight is 464 g/mol. The van der Waals surface area contributed by atoms with Crippen LogP contribution in [0.15, 0.2) is 48.5 Å². The molecule has 1 aliphatic heterocycles. The zero-order valence-corrected chi connectivity index (χ0v) is 18.9. The summed E-state index contributed by atoms with van der Waals surface area (Å²) in [5.74, 6) is 0.689. The normalized spacial score (nSPS) is 18.1. The Balaban J connectivity index is 1.19. The average Bonchev–Trinajstić information content (AvgIpc) is 2.69. The molecule has 2 amide bonds. The fourth-order valence-corrected chi connectivity index (χ4v) is 6.36. The summed E-state index contributed by atoms with van der Waals surface area (Å²) in [6.45, 7) is 1.44. The van der Waals surface area contributed by atoms with Crippen molar-refractivity contribution in [2.75, 3.05) is 20.2 Å². The quantitative estimate of drug-likeness (QED) is 0.660. The number of urea groups is 1. The Morgan fingerprint density at radius 3 is 2.48 bits per heavy atom. The number of carbonyl (C=O) groups is 1. The molecule has 0 radical (unpaired) electrons. The highest BCUT2D eigenvalue weighted by Crippen LogP contribution is 2.49. The number of sulfonamides is 1. The Bertz CT molecular complexity index is 1040. The van der Waals surface area contributed by atoms with E-state index in [4.69, 9.17) is 16.3 Å². The maximum atomic E-state index is 12.7. The van der Waals surface area contributed by atoms with Gasteiger partial charge in [0.15, 0.2) is 0 Å². The van der Waals surface area contributed by atoms with E-state index in [9.17, 15) is 13.2 Å². The van der Waals surface area contributed by atoms with Crippen molar-refractivity contribution in [1.82, 2.24) is 14.9 Å². The van der Waals surface area contributed by atoms with E-state index in [-0.39, 0.29) is 23.2 Å². The van der Waals surface area contributed by atoms with Gasteiger partial charge in [-0.25, -0.2) is 17.5 Å². The molecule has 2 aromatic carbocycles. The minimum Gasteiger partial charge on any atom is -0.497 e. The fourth-order valence-electron chi connectivity index (χ4n) is 4.31. The number of halogens is 1. The van der Waals surface area contributed by atoms with E-state index in [0.717, 1.165) is 24.2 Å². The van der Waals surface area contributed by atoms with Crippen LogP contribution in [0.1, 0.15) is 24.0 Å². The van der Waals surface area contributed by atoms with E-state index >= 15 is 0 Å². The van der Waals surface area contributed by atoms with E-state index < -0.39 is 10.0 Å². The monoisotopic (exact) mass is 463 g/mol. The van der Waals surface area contributed by atoms with Crippen LogP contribution in [0.5, 0.6) is 5.75 Å². The van der Waals surface area contributed by atoms with Crippen LogP contribution in [0.3, 0.4) is 0 Å². The standard InChI is InChI=1S/C22H26ClN3O4S/c1-30-19-8-6-16(7-9-19)12-24-21(27)25-18-10-22(11-18)14-26(15-22)31(28,29)13-17-4-2-3-5-20(17)23/h2-9,18H,10-15H2,1H3,(H2,24,25,27). The smallest absolute Gasteiger partial charge is 0.315 e. The number of ether oxygens (including phenoxy) is 1. The second-order valence-electron chi connectivity index (χ2n) is 8.40. The van der Waals surface area contributed by atoms with Crippen LogP contribution < -0.4 is 15.4 Å². The van der Waals surface area contributed by atoms with Gasteiger partial charge in [0.05, 0.1) is 12.9 Å². The molecule has 1 aliphatic carbocycles. The van der Waals surface area contributed by atoms with Crippen LogP contribution in [0.2, 0.25) is 5.02 Å². The number of hydrogen-bond acceptors (Lipinski definition) is 4. The lowest BCUT2D eigenvalue weighted by Gasteiger charge is -2.58. The maximum Gasteiger partial charge on any atom is 0.315 e. The van der Waals surface area contributed by atoms with Gasteiger partial charge in [-0.15, -0.1) is 0 Å². The Labute approximate surface area is 187 Å². The van der Waals surface area contributed by atoms with Gasteiger partial charge in [0.25, 0.3) is 0 Å². The third kappa shape index (κ3) is 4.97. The van der Waals surface area contributed by atoms with Crippen molar-refractivity contribution in [3.8, 4) is 5.75 Å². The molecule has 31 heavy (non-hydrogen) atoms. The number of methoxy groups -OCH3 is 1. The molecule has 1 saturated carbocycles. The lowest BCUT2D eigenvalue weighted by atomic mass is 9.61. The first kappa shape index (κ1) is 21.9. The Morgan fingerprint density at radius 2 is 1.84 bits per heavy atom. The summed E-state index contributed by atoms with van der Waals surface area (Å²) in [6.07, 6.45) is 1.59. The Morgan fingerprint density at radius 1 is 1.16 bits per heavy atom. The van der Waals surface area contributed by atoms with E-state index in [2.05, 4.69) is 10.6 Å². The molecule has 166 valence electrons. The number of rotatable bonds is 7. The summed E-state index contributed by atoms with van der Waals surface area (Å²) in [5.41, 5.74) is 1.59. The van der Waals surface area contributed by atoms with E-state index in [1.54, 1.807) is 31.4 Å². The number of nitrogens with zero attached hydrogens (tertiary/aromatic N) is 1. The van der Waals surface area contributed by atoms with Crippen LogP contribution in [-0.2, 0) is 22.3 Å². The minimum atomic E-state index is -3.39. The topological polar surface area (TPSA) is 87.7 Å². The molecule has 0 bridgehead atoms. The number of amides is 2. The molecule has 4 rings (SSSR count). The zero-order valence-electron chi connectivity index (χ0n) is 17.3. The van der Waals surface area contributed by atoms with E-state index in [1.807, 2.05) is 24.3 Å².